The van der Waals surface area contributed by atoms with Crippen LogP contribution in [0.2, 0.25) is 5.02 Å². The van der Waals surface area contributed by atoms with E-state index in [1.807, 2.05) is 6.92 Å². The van der Waals surface area contributed by atoms with E-state index in [1.165, 1.54) is 6.26 Å². The number of benzene rings is 1. The second kappa shape index (κ2) is 8.73. The van der Waals surface area contributed by atoms with Crippen LogP contribution in [0.25, 0.3) is 11.7 Å². The zero-order valence-electron chi connectivity index (χ0n) is 15.1. The summed E-state index contributed by atoms with van der Waals surface area (Å²) in [5.74, 6) is 1.47. The van der Waals surface area contributed by atoms with Crippen molar-refractivity contribution < 1.29 is 18.4 Å². The lowest BCUT2D eigenvalue weighted by Gasteiger charge is -2.24. The highest BCUT2D eigenvalue weighted by Crippen LogP contribution is 2.21. The first kappa shape index (κ1) is 19.0. The van der Waals surface area contributed by atoms with Gasteiger partial charge in [-0.05, 0) is 43.7 Å². The molecule has 142 valence electrons. The Hall–Kier alpha value is -2.80. The molecular formula is C19H20ClN3O4. The summed E-state index contributed by atoms with van der Waals surface area (Å²) in [6.45, 7) is 4.43. The van der Waals surface area contributed by atoms with Crippen LogP contribution in [0.4, 0.5) is 0 Å². The molecule has 0 radical (unpaired) electrons. The standard InChI is InChI=1S/C19H20ClN3O4/c1-3-9-23(12-17-21-22-18(27-17)16-8-5-10-25-16)19(24)13(2)26-15-7-4-6-14(20)11-15/h4-8,10-11,13H,3,9,12H2,1-2H3. The summed E-state index contributed by atoms with van der Waals surface area (Å²) in [5, 5.41) is 8.51. The molecule has 7 nitrogen and oxygen atoms in total. The molecule has 3 aromatic rings. The van der Waals surface area contributed by atoms with Gasteiger partial charge in [0.05, 0.1) is 12.8 Å². The van der Waals surface area contributed by atoms with Crippen molar-refractivity contribution in [2.45, 2.75) is 32.9 Å². The second-order valence-corrected chi connectivity index (χ2v) is 6.39. The number of hydrogen-bond acceptors (Lipinski definition) is 6. The third-order valence-electron chi connectivity index (χ3n) is 3.79. The molecule has 1 unspecified atom stereocenters. The summed E-state index contributed by atoms with van der Waals surface area (Å²) in [7, 11) is 0. The summed E-state index contributed by atoms with van der Waals surface area (Å²) in [6, 6.07) is 10.4. The monoisotopic (exact) mass is 389 g/mol. The van der Waals surface area contributed by atoms with Gasteiger partial charge in [-0.1, -0.05) is 24.6 Å². The van der Waals surface area contributed by atoms with E-state index in [0.29, 0.717) is 29.0 Å². The topological polar surface area (TPSA) is 81.6 Å². The summed E-state index contributed by atoms with van der Waals surface area (Å²) in [5.41, 5.74) is 0. The van der Waals surface area contributed by atoms with Crippen molar-refractivity contribution in [3.8, 4) is 17.4 Å². The molecule has 0 bridgehead atoms. The molecule has 2 heterocycles. The molecule has 1 atom stereocenters. The lowest BCUT2D eigenvalue weighted by atomic mass is 10.3. The van der Waals surface area contributed by atoms with Crippen molar-refractivity contribution in [3.05, 3.63) is 53.6 Å². The zero-order valence-corrected chi connectivity index (χ0v) is 15.8. The minimum Gasteiger partial charge on any atom is -0.481 e. The first-order chi connectivity index (χ1) is 13.1. The van der Waals surface area contributed by atoms with E-state index in [2.05, 4.69) is 10.2 Å². The van der Waals surface area contributed by atoms with Gasteiger partial charge in [0.15, 0.2) is 11.9 Å². The molecule has 3 rings (SSSR count). The third kappa shape index (κ3) is 4.89. The number of aromatic nitrogens is 2. The van der Waals surface area contributed by atoms with Gasteiger partial charge in [0, 0.05) is 11.6 Å². The van der Waals surface area contributed by atoms with Gasteiger partial charge in [0.25, 0.3) is 11.8 Å². The number of nitrogens with zero attached hydrogens (tertiary/aromatic N) is 3. The van der Waals surface area contributed by atoms with Gasteiger partial charge >= 0.3 is 0 Å². The van der Waals surface area contributed by atoms with E-state index in [0.717, 1.165) is 6.42 Å². The van der Waals surface area contributed by atoms with E-state index >= 15 is 0 Å². The molecule has 0 aliphatic heterocycles. The summed E-state index contributed by atoms with van der Waals surface area (Å²) < 4.78 is 16.6. The van der Waals surface area contributed by atoms with Crippen LogP contribution < -0.4 is 4.74 Å². The molecule has 0 fully saturated rings. The van der Waals surface area contributed by atoms with Crippen molar-refractivity contribution >= 4 is 17.5 Å². The Morgan fingerprint density at radius 3 is 2.85 bits per heavy atom. The molecule has 0 saturated carbocycles. The Bertz CT molecular complexity index is 879. The van der Waals surface area contributed by atoms with Gasteiger partial charge in [-0.2, -0.15) is 0 Å². The van der Waals surface area contributed by atoms with E-state index in [1.54, 1.807) is 48.2 Å². The Balaban J connectivity index is 1.67. The number of amides is 1. The quantitative estimate of drug-likeness (QED) is 0.574. The number of rotatable bonds is 8. The molecule has 0 N–H and O–H groups in total. The fourth-order valence-corrected chi connectivity index (χ4v) is 2.75. The number of furan rings is 1. The summed E-state index contributed by atoms with van der Waals surface area (Å²) in [6.07, 6.45) is 1.64. The maximum absolute atomic E-state index is 12.8. The van der Waals surface area contributed by atoms with Crippen molar-refractivity contribution in [1.29, 1.82) is 0 Å². The fourth-order valence-electron chi connectivity index (χ4n) is 2.57. The van der Waals surface area contributed by atoms with Crippen LogP contribution in [0.5, 0.6) is 5.75 Å². The lowest BCUT2D eigenvalue weighted by Crippen LogP contribution is -2.40. The van der Waals surface area contributed by atoms with Crippen molar-refractivity contribution in [2.75, 3.05) is 6.54 Å². The Morgan fingerprint density at radius 2 is 2.15 bits per heavy atom. The Kier molecular flexibility index (Phi) is 6.13. The normalized spacial score (nSPS) is 12.0. The maximum atomic E-state index is 12.8. The van der Waals surface area contributed by atoms with Gasteiger partial charge in [-0.15, -0.1) is 10.2 Å². The highest BCUT2D eigenvalue weighted by Gasteiger charge is 2.24. The average molecular weight is 390 g/mol. The number of halogens is 1. The highest BCUT2D eigenvalue weighted by molar-refractivity contribution is 6.30. The number of carbonyl (C=O) groups excluding carboxylic acids is 1. The van der Waals surface area contributed by atoms with Gasteiger partial charge in [-0.25, -0.2) is 0 Å². The number of hydrogen-bond donors (Lipinski definition) is 0. The molecule has 8 heteroatoms. The molecule has 0 aliphatic rings. The Labute approximate surface area is 161 Å². The van der Waals surface area contributed by atoms with Crippen LogP contribution in [0.1, 0.15) is 26.2 Å². The van der Waals surface area contributed by atoms with E-state index in [-0.39, 0.29) is 18.3 Å². The molecule has 1 amide bonds. The molecule has 27 heavy (non-hydrogen) atoms. The molecule has 0 saturated heterocycles. The molecule has 1 aromatic carbocycles. The molecule has 0 aliphatic carbocycles. The van der Waals surface area contributed by atoms with Crippen molar-refractivity contribution in [2.24, 2.45) is 0 Å². The van der Waals surface area contributed by atoms with Crippen LogP contribution in [0.15, 0.2) is 51.5 Å². The molecule has 2 aromatic heterocycles. The van der Waals surface area contributed by atoms with Gasteiger partial charge in [0.2, 0.25) is 5.89 Å². The summed E-state index contributed by atoms with van der Waals surface area (Å²) >= 11 is 5.96. The second-order valence-electron chi connectivity index (χ2n) is 5.96. The first-order valence-corrected chi connectivity index (χ1v) is 9.02. The van der Waals surface area contributed by atoms with Crippen LogP contribution in [-0.4, -0.2) is 33.7 Å². The first-order valence-electron chi connectivity index (χ1n) is 8.64. The zero-order chi connectivity index (χ0) is 19.2. The maximum Gasteiger partial charge on any atom is 0.283 e. The average Bonchev–Trinajstić information content (AvgIpc) is 3.32. The van der Waals surface area contributed by atoms with Crippen LogP contribution >= 0.6 is 11.6 Å². The predicted octanol–water partition coefficient (Wildman–Crippen LogP) is 4.19. The smallest absolute Gasteiger partial charge is 0.283 e. The van der Waals surface area contributed by atoms with Gasteiger partial charge in [-0.3, -0.25) is 4.79 Å². The van der Waals surface area contributed by atoms with Crippen molar-refractivity contribution in [1.82, 2.24) is 15.1 Å². The number of carbonyl (C=O) groups is 1. The van der Waals surface area contributed by atoms with E-state index in [9.17, 15) is 4.79 Å². The molecule has 0 spiro atoms. The molecular weight excluding hydrogens is 370 g/mol. The summed E-state index contributed by atoms with van der Waals surface area (Å²) in [4.78, 5) is 14.5. The predicted molar refractivity (Wildman–Crippen MR) is 99.3 cm³/mol. The van der Waals surface area contributed by atoms with Crippen molar-refractivity contribution in [3.63, 3.8) is 0 Å². The van der Waals surface area contributed by atoms with Crippen LogP contribution in [-0.2, 0) is 11.3 Å². The number of ether oxygens (including phenoxy) is 1. The van der Waals surface area contributed by atoms with Gasteiger partial charge < -0.3 is 18.5 Å². The van der Waals surface area contributed by atoms with Gasteiger partial charge in [0.1, 0.15) is 5.75 Å². The van der Waals surface area contributed by atoms with E-state index in [4.69, 9.17) is 25.2 Å². The minimum atomic E-state index is -0.678. The van der Waals surface area contributed by atoms with E-state index < -0.39 is 6.10 Å². The Morgan fingerprint density at radius 1 is 1.30 bits per heavy atom. The van der Waals surface area contributed by atoms with Crippen LogP contribution in [0.3, 0.4) is 0 Å². The lowest BCUT2D eigenvalue weighted by molar-refractivity contribution is -0.139. The SMILES string of the molecule is CCCN(Cc1nnc(-c2ccco2)o1)C(=O)C(C)Oc1cccc(Cl)c1. The minimum absolute atomic E-state index is 0.172. The fraction of sp³-hybridized carbons (Fsp3) is 0.316. The largest absolute Gasteiger partial charge is 0.481 e. The van der Waals surface area contributed by atoms with Crippen LogP contribution in [0, 0.1) is 0 Å². The highest BCUT2D eigenvalue weighted by atomic mass is 35.5. The third-order valence-corrected chi connectivity index (χ3v) is 4.02.